The van der Waals surface area contributed by atoms with Gasteiger partial charge in [0.2, 0.25) is 0 Å². The van der Waals surface area contributed by atoms with E-state index in [9.17, 15) is 4.79 Å². The average Bonchev–Trinajstić information content (AvgIpc) is 3.36. The van der Waals surface area contributed by atoms with E-state index in [-0.39, 0.29) is 17.8 Å². The second-order valence-electron chi connectivity index (χ2n) is 8.07. The van der Waals surface area contributed by atoms with Gasteiger partial charge in [-0.2, -0.15) is 11.3 Å². The number of hydrogen-bond acceptors (Lipinski definition) is 6. The summed E-state index contributed by atoms with van der Waals surface area (Å²) in [5, 5.41) is 4.93. The number of benzene rings is 2. The molecule has 0 aliphatic carbocycles. The van der Waals surface area contributed by atoms with Gasteiger partial charge in [0.15, 0.2) is 0 Å². The molecule has 0 saturated carbocycles. The molecule has 1 fully saturated rings. The first kappa shape index (κ1) is 22.3. The molecule has 2 atom stereocenters. The smallest absolute Gasteiger partial charge is 0.336 e. The first-order valence-corrected chi connectivity index (χ1v) is 12.5. The van der Waals surface area contributed by atoms with Gasteiger partial charge in [0.25, 0.3) is 0 Å². The monoisotopic (exact) mass is 526 g/mol. The molecule has 3 heterocycles. The molecule has 1 aliphatic heterocycles. The molecule has 5 nitrogen and oxygen atoms in total. The summed E-state index contributed by atoms with van der Waals surface area (Å²) < 4.78 is 24.0. The molecule has 33 heavy (non-hydrogen) atoms. The maximum atomic E-state index is 12.1. The normalized spacial score (nSPS) is 18.5. The number of fused-ring (bicyclic) bond motifs is 1. The van der Waals surface area contributed by atoms with Gasteiger partial charge in [0, 0.05) is 41.6 Å². The van der Waals surface area contributed by atoms with Crippen molar-refractivity contribution < 1.29 is 18.6 Å². The van der Waals surface area contributed by atoms with E-state index in [1.54, 1.807) is 24.5 Å². The first-order valence-electron chi connectivity index (χ1n) is 10.8. The molecule has 1 saturated heterocycles. The van der Waals surface area contributed by atoms with Crippen LogP contribution in [0.15, 0.2) is 73.0 Å². The Labute approximate surface area is 204 Å². The molecule has 5 rings (SSSR count). The minimum Gasteiger partial charge on any atom is -0.489 e. The van der Waals surface area contributed by atoms with Gasteiger partial charge >= 0.3 is 5.63 Å². The van der Waals surface area contributed by atoms with E-state index in [0.717, 1.165) is 50.7 Å². The van der Waals surface area contributed by atoms with E-state index in [4.69, 9.17) is 18.6 Å². The molecular formula is C26H23BrO5S. The van der Waals surface area contributed by atoms with E-state index < -0.39 is 0 Å². The highest BCUT2D eigenvalue weighted by Crippen LogP contribution is 2.34. The summed E-state index contributed by atoms with van der Waals surface area (Å²) in [6, 6.07) is 15.4. The van der Waals surface area contributed by atoms with Gasteiger partial charge in [-0.3, -0.25) is 0 Å². The van der Waals surface area contributed by atoms with Gasteiger partial charge in [-0.1, -0.05) is 28.1 Å². The highest BCUT2D eigenvalue weighted by Gasteiger charge is 2.24. The Kier molecular flexibility index (Phi) is 6.64. The van der Waals surface area contributed by atoms with Crippen molar-refractivity contribution in [3.63, 3.8) is 0 Å². The number of thiophene rings is 1. The maximum absolute atomic E-state index is 12.1. The van der Waals surface area contributed by atoms with Gasteiger partial charge < -0.3 is 18.6 Å². The van der Waals surface area contributed by atoms with Gasteiger partial charge in [-0.25, -0.2) is 4.79 Å². The van der Waals surface area contributed by atoms with Crippen molar-refractivity contribution in [3.8, 4) is 16.9 Å². The topological polar surface area (TPSA) is 57.9 Å². The SMILES string of the molecule is COC1CCOC(c2cc(Br)cc(OCc3ccc4c(-c5ccsc5)cc(=O)oc4c3)c2)C1. The zero-order chi connectivity index (χ0) is 22.8. The van der Waals surface area contributed by atoms with Crippen LogP contribution in [0.5, 0.6) is 5.75 Å². The minimum absolute atomic E-state index is 0.0194. The summed E-state index contributed by atoms with van der Waals surface area (Å²) in [7, 11) is 1.75. The molecule has 0 spiro atoms. The second-order valence-corrected chi connectivity index (χ2v) is 9.77. The van der Waals surface area contributed by atoms with Crippen LogP contribution in [0.2, 0.25) is 0 Å². The fourth-order valence-electron chi connectivity index (χ4n) is 4.19. The van der Waals surface area contributed by atoms with Gasteiger partial charge in [0.05, 0.1) is 12.2 Å². The van der Waals surface area contributed by atoms with E-state index in [0.29, 0.717) is 18.8 Å². The Morgan fingerprint density at radius 2 is 2.06 bits per heavy atom. The third kappa shape index (κ3) is 5.06. The van der Waals surface area contributed by atoms with Crippen LogP contribution < -0.4 is 10.4 Å². The first-order chi connectivity index (χ1) is 16.1. The molecular weight excluding hydrogens is 504 g/mol. The number of methoxy groups -OCH3 is 1. The Hall–Kier alpha value is -2.45. The maximum Gasteiger partial charge on any atom is 0.336 e. The predicted octanol–water partition coefficient (Wildman–Crippen LogP) is 6.73. The highest BCUT2D eigenvalue weighted by atomic mass is 79.9. The number of hydrogen-bond donors (Lipinski definition) is 0. The highest BCUT2D eigenvalue weighted by molar-refractivity contribution is 9.10. The van der Waals surface area contributed by atoms with Crippen LogP contribution in [0.25, 0.3) is 22.1 Å². The van der Waals surface area contributed by atoms with Crippen LogP contribution in [-0.2, 0) is 16.1 Å². The van der Waals surface area contributed by atoms with Crippen molar-refractivity contribution in [3.05, 3.63) is 85.3 Å². The molecule has 2 unspecified atom stereocenters. The van der Waals surface area contributed by atoms with Gasteiger partial charge in [-0.15, -0.1) is 0 Å². The van der Waals surface area contributed by atoms with E-state index >= 15 is 0 Å². The van der Waals surface area contributed by atoms with Crippen LogP contribution in [0.1, 0.15) is 30.1 Å². The van der Waals surface area contributed by atoms with Crippen LogP contribution in [0, 0.1) is 0 Å². The standard InChI is InChI=1S/C26H23BrO5S/c1-29-20-4-6-30-24(12-20)18-9-19(27)11-21(10-18)31-14-16-2-3-22-23(17-5-7-33-15-17)13-26(28)32-25(22)8-16/h2-3,5,7-11,13,15,20,24H,4,6,12,14H2,1H3. The molecule has 4 aromatic rings. The van der Waals surface area contributed by atoms with Crippen LogP contribution in [0.3, 0.4) is 0 Å². The summed E-state index contributed by atoms with van der Waals surface area (Å²) in [5.41, 5.74) is 4.08. The van der Waals surface area contributed by atoms with Crippen molar-refractivity contribution in [1.82, 2.24) is 0 Å². The van der Waals surface area contributed by atoms with Gasteiger partial charge in [-0.05, 0) is 64.2 Å². The Morgan fingerprint density at radius 3 is 2.88 bits per heavy atom. The summed E-state index contributed by atoms with van der Waals surface area (Å²) in [5.74, 6) is 0.746. The Morgan fingerprint density at radius 1 is 1.15 bits per heavy atom. The van der Waals surface area contributed by atoms with E-state index in [1.165, 1.54) is 0 Å². The quantitative estimate of drug-likeness (QED) is 0.260. The van der Waals surface area contributed by atoms with Crippen molar-refractivity contribution in [2.24, 2.45) is 0 Å². The van der Waals surface area contributed by atoms with Crippen molar-refractivity contribution in [2.75, 3.05) is 13.7 Å². The zero-order valence-electron chi connectivity index (χ0n) is 18.1. The molecule has 0 radical (unpaired) electrons. The Bertz CT molecular complexity index is 1310. The molecule has 0 bridgehead atoms. The number of ether oxygens (including phenoxy) is 3. The van der Waals surface area contributed by atoms with Crippen LogP contribution in [0.4, 0.5) is 0 Å². The molecule has 0 amide bonds. The molecule has 170 valence electrons. The molecule has 0 N–H and O–H groups in total. The average molecular weight is 527 g/mol. The Balaban J connectivity index is 1.37. The van der Waals surface area contributed by atoms with Crippen LogP contribution >= 0.6 is 27.3 Å². The molecule has 7 heteroatoms. The lowest BCUT2D eigenvalue weighted by molar-refractivity contribution is -0.0599. The summed E-state index contributed by atoms with van der Waals surface area (Å²) >= 11 is 5.19. The minimum atomic E-state index is -0.361. The molecule has 1 aliphatic rings. The van der Waals surface area contributed by atoms with E-state index in [2.05, 4.69) is 22.0 Å². The summed E-state index contributed by atoms with van der Waals surface area (Å²) in [4.78, 5) is 12.1. The summed E-state index contributed by atoms with van der Waals surface area (Å²) in [6.45, 7) is 1.03. The van der Waals surface area contributed by atoms with Crippen molar-refractivity contribution >= 4 is 38.2 Å². The lowest BCUT2D eigenvalue weighted by Gasteiger charge is -2.29. The van der Waals surface area contributed by atoms with E-state index in [1.807, 2.05) is 47.2 Å². The third-order valence-electron chi connectivity index (χ3n) is 5.88. The molecule has 2 aromatic carbocycles. The fraction of sp³-hybridized carbons (Fsp3) is 0.269. The lowest BCUT2D eigenvalue weighted by atomic mass is 9.99. The number of halogens is 1. The number of rotatable bonds is 6. The largest absolute Gasteiger partial charge is 0.489 e. The lowest BCUT2D eigenvalue weighted by Crippen LogP contribution is -2.25. The third-order valence-corrected chi connectivity index (χ3v) is 7.02. The van der Waals surface area contributed by atoms with Crippen molar-refractivity contribution in [2.45, 2.75) is 31.7 Å². The fourth-order valence-corrected chi connectivity index (χ4v) is 5.33. The van der Waals surface area contributed by atoms with Crippen molar-refractivity contribution in [1.29, 1.82) is 0 Å². The zero-order valence-corrected chi connectivity index (χ0v) is 20.5. The van der Waals surface area contributed by atoms with Crippen LogP contribution in [-0.4, -0.2) is 19.8 Å². The summed E-state index contributed by atoms with van der Waals surface area (Å²) in [6.07, 6.45) is 1.92. The molecule has 2 aromatic heterocycles. The predicted molar refractivity (Wildman–Crippen MR) is 133 cm³/mol. The van der Waals surface area contributed by atoms with Gasteiger partial charge in [0.1, 0.15) is 17.9 Å². The second kappa shape index (κ2) is 9.81.